The normalized spacial score (nSPS) is 17.0. The van der Waals surface area contributed by atoms with Gasteiger partial charge in [-0.1, -0.05) is 41.4 Å². The van der Waals surface area contributed by atoms with Gasteiger partial charge in [0.15, 0.2) is 0 Å². The van der Waals surface area contributed by atoms with Crippen molar-refractivity contribution in [2.75, 3.05) is 19.0 Å². The molecule has 6 nitrogen and oxygen atoms in total. The van der Waals surface area contributed by atoms with Gasteiger partial charge >= 0.3 is 5.97 Å². The van der Waals surface area contributed by atoms with Crippen LogP contribution in [0.25, 0.3) is 11.3 Å². The van der Waals surface area contributed by atoms with Crippen molar-refractivity contribution in [3.8, 4) is 11.3 Å². The number of rotatable bonds is 9. The number of carbonyl (C=O) groups excluding carboxylic acids is 1. The molecule has 1 aromatic heterocycles. The summed E-state index contributed by atoms with van der Waals surface area (Å²) in [5.74, 6) is 0.109. The molecule has 0 saturated heterocycles. The van der Waals surface area contributed by atoms with Crippen LogP contribution in [0.5, 0.6) is 0 Å². The zero-order valence-corrected chi connectivity index (χ0v) is 19.7. The topological polar surface area (TPSA) is 79.7 Å². The van der Waals surface area contributed by atoms with E-state index in [1.54, 1.807) is 13.0 Å². The van der Waals surface area contributed by atoms with E-state index in [0.29, 0.717) is 24.4 Å². The van der Waals surface area contributed by atoms with Crippen LogP contribution in [0.1, 0.15) is 60.8 Å². The van der Waals surface area contributed by atoms with Gasteiger partial charge in [0.2, 0.25) is 0 Å². The molecule has 0 fully saturated rings. The Kier molecular flexibility index (Phi) is 8.16. The number of benzene rings is 1. The number of carbonyl (C=O) groups is 1. The number of aromatic nitrogens is 1. The molecule has 0 radical (unpaired) electrons. The third-order valence-corrected chi connectivity index (χ3v) is 7.11. The summed E-state index contributed by atoms with van der Waals surface area (Å²) in [7, 11) is -1.17. The molecule has 2 aromatic rings. The summed E-state index contributed by atoms with van der Waals surface area (Å²) >= 11 is 3.50. The Hall–Kier alpha value is -1.61. The van der Waals surface area contributed by atoms with Crippen molar-refractivity contribution >= 4 is 32.9 Å². The van der Waals surface area contributed by atoms with Crippen LogP contribution in [-0.2, 0) is 22.3 Å². The second kappa shape index (κ2) is 10.6. The number of fused-ring (bicyclic) bond motifs is 1. The fourth-order valence-corrected chi connectivity index (χ4v) is 5.65. The van der Waals surface area contributed by atoms with Gasteiger partial charge in [0, 0.05) is 34.5 Å². The average Bonchev–Trinajstić information content (AvgIpc) is 3.10. The maximum Gasteiger partial charge on any atom is 0.356 e. The first-order chi connectivity index (χ1) is 14.5. The first-order valence-electron chi connectivity index (χ1n) is 10.2. The minimum Gasteiger partial charge on any atom is -0.461 e. The van der Waals surface area contributed by atoms with Gasteiger partial charge in [-0.05, 0) is 43.5 Å². The van der Waals surface area contributed by atoms with E-state index >= 15 is 0 Å². The molecule has 1 aliphatic heterocycles. The van der Waals surface area contributed by atoms with Crippen molar-refractivity contribution in [1.29, 1.82) is 0 Å². The molecule has 1 unspecified atom stereocenters. The Morgan fingerprint density at radius 3 is 2.83 bits per heavy atom. The Bertz CT molecular complexity index is 937. The molecule has 1 N–H and O–H groups in total. The summed E-state index contributed by atoms with van der Waals surface area (Å²) in [6, 6.07) is 9.25. The van der Waals surface area contributed by atoms with Crippen LogP contribution >= 0.6 is 15.9 Å². The average molecular weight is 495 g/mol. The highest BCUT2D eigenvalue weighted by Gasteiger charge is 2.37. The zero-order chi connectivity index (χ0) is 21.7. The van der Waals surface area contributed by atoms with Crippen molar-refractivity contribution in [2.45, 2.75) is 45.7 Å². The van der Waals surface area contributed by atoms with Crippen molar-refractivity contribution in [2.24, 2.45) is 0 Å². The van der Waals surface area contributed by atoms with E-state index < -0.39 is 17.0 Å². The molecule has 3 rings (SSSR count). The monoisotopic (exact) mass is 494 g/mol. The van der Waals surface area contributed by atoms with Gasteiger partial charge in [0.05, 0.1) is 29.3 Å². The van der Waals surface area contributed by atoms with E-state index in [1.165, 1.54) is 0 Å². The maximum atomic E-state index is 13.0. The summed E-state index contributed by atoms with van der Waals surface area (Å²) in [5, 5.41) is 9.72. The molecule has 2 atom stereocenters. The van der Waals surface area contributed by atoms with Gasteiger partial charge in [-0.25, -0.2) is 18.3 Å². The van der Waals surface area contributed by atoms with E-state index in [-0.39, 0.29) is 24.9 Å². The van der Waals surface area contributed by atoms with E-state index in [4.69, 9.17) is 4.74 Å². The number of unbranched alkanes of at least 4 members (excludes halogenated alkanes) is 1. The molecule has 0 aliphatic carbocycles. The second-order valence-electron chi connectivity index (χ2n) is 7.14. The Morgan fingerprint density at radius 1 is 1.37 bits per heavy atom. The molecule has 2 heterocycles. The number of pyridine rings is 1. The lowest BCUT2D eigenvalue weighted by molar-refractivity contribution is 0.0519. The van der Waals surface area contributed by atoms with Crippen LogP contribution in [-0.4, -0.2) is 43.5 Å². The molecule has 162 valence electrons. The van der Waals surface area contributed by atoms with Crippen LogP contribution in [0.15, 0.2) is 34.8 Å². The number of ether oxygens (including phenoxy) is 1. The maximum absolute atomic E-state index is 13.0. The lowest BCUT2D eigenvalue weighted by Gasteiger charge is -2.24. The minimum atomic E-state index is -1.17. The van der Waals surface area contributed by atoms with Crippen LogP contribution in [0, 0.1) is 0 Å². The zero-order valence-electron chi connectivity index (χ0n) is 17.3. The molecule has 0 amide bonds. The SMILES string of the molecule is CCCCS(=O)N1Cc2cc(C(=O)OCC)nc(-c3cccc(Br)c3)c2[C@H]1CCO. The van der Waals surface area contributed by atoms with Gasteiger partial charge in [-0.2, -0.15) is 0 Å². The molecule has 0 bridgehead atoms. The lowest BCUT2D eigenvalue weighted by atomic mass is 9.96. The summed E-state index contributed by atoms with van der Waals surface area (Å²) in [5.41, 5.74) is 3.61. The van der Waals surface area contributed by atoms with Crippen LogP contribution in [0.2, 0.25) is 0 Å². The van der Waals surface area contributed by atoms with Gasteiger partial charge < -0.3 is 9.84 Å². The molecule has 0 saturated carbocycles. The number of halogens is 1. The van der Waals surface area contributed by atoms with Crippen molar-refractivity contribution in [3.05, 3.63) is 51.6 Å². The number of aliphatic hydroxyl groups excluding tert-OH is 1. The van der Waals surface area contributed by atoms with Gasteiger partial charge in [0.25, 0.3) is 0 Å². The fraction of sp³-hybridized carbons (Fsp3) is 0.455. The quantitative estimate of drug-likeness (QED) is 0.522. The third-order valence-electron chi connectivity index (χ3n) is 5.07. The van der Waals surface area contributed by atoms with Crippen LogP contribution < -0.4 is 0 Å². The van der Waals surface area contributed by atoms with Gasteiger partial charge in [-0.15, -0.1) is 0 Å². The summed E-state index contributed by atoms with van der Waals surface area (Å²) in [6.07, 6.45) is 2.29. The second-order valence-corrected chi connectivity index (χ2v) is 9.58. The molecular formula is C22H27BrN2O4S. The van der Waals surface area contributed by atoms with Crippen molar-refractivity contribution < 1.29 is 18.8 Å². The first kappa shape index (κ1) is 23.1. The largest absolute Gasteiger partial charge is 0.461 e. The summed E-state index contributed by atoms with van der Waals surface area (Å²) in [4.78, 5) is 17.1. The first-order valence-corrected chi connectivity index (χ1v) is 12.3. The smallest absolute Gasteiger partial charge is 0.356 e. The molecule has 1 aromatic carbocycles. The molecular weight excluding hydrogens is 468 g/mol. The molecule has 0 spiro atoms. The minimum absolute atomic E-state index is 0.0247. The number of esters is 1. The number of hydrogen-bond donors (Lipinski definition) is 1. The lowest BCUT2D eigenvalue weighted by Crippen LogP contribution is -2.27. The third kappa shape index (κ3) is 4.99. The van der Waals surface area contributed by atoms with E-state index in [1.807, 2.05) is 28.6 Å². The predicted octanol–water partition coefficient (Wildman–Crippen LogP) is 4.39. The van der Waals surface area contributed by atoms with E-state index in [0.717, 1.165) is 34.0 Å². The molecule has 8 heteroatoms. The molecule has 30 heavy (non-hydrogen) atoms. The summed E-state index contributed by atoms with van der Waals surface area (Å²) < 4.78 is 21.0. The Morgan fingerprint density at radius 2 is 2.17 bits per heavy atom. The number of aliphatic hydroxyl groups is 1. The Labute approximate surface area is 188 Å². The highest BCUT2D eigenvalue weighted by molar-refractivity contribution is 9.10. The Balaban J connectivity index is 2.13. The van der Waals surface area contributed by atoms with Gasteiger partial charge in [-0.3, -0.25) is 0 Å². The number of hydrogen-bond acceptors (Lipinski definition) is 5. The van der Waals surface area contributed by atoms with E-state index in [9.17, 15) is 14.1 Å². The number of nitrogens with zero attached hydrogens (tertiary/aromatic N) is 2. The highest BCUT2D eigenvalue weighted by Crippen LogP contribution is 2.43. The predicted molar refractivity (Wildman–Crippen MR) is 121 cm³/mol. The van der Waals surface area contributed by atoms with Crippen molar-refractivity contribution in [1.82, 2.24) is 9.29 Å². The van der Waals surface area contributed by atoms with Gasteiger partial charge in [0.1, 0.15) is 5.69 Å². The summed E-state index contributed by atoms with van der Waals surface area (Å²) in [6.45, 7) is 4.53. The molecule has 1 aliphatic rings. The van der Waals surface area contributed by atoms with Crippen molar-refractivity contribution in [3.63, 3.8) is 0 Å². The fourth-order valence-electron chi connectivity index (χ4n) is 3.71. The highest BCUT2D eigenvalue weighted by atomic mass is 79.9. The van der Waals surface area contributed by atoms with Crippen LogP contribution in [0.4, 0.5) is 0 Å². The standard InChI is InChI=1S/C22H27BrN2O4S/c1-3-5-11-30(28)25-14-16-13-18(22(27)29-4-2)24-21(20(16)19(25)9-10-26)15-7-6-8-17(23)12-15/h6-8,12-13,19,26H,3-5,9-11,14H2,1-2H3/t19-,30?/m1/s1. The van der Waals surface area contributed by atoms with Crippen LogP contribution in [0.3, 0.4) is 0 Å². The van der Waals surface area contributed by atoms with E-state index in [2.05, 4.69) is 27.8 Å².